The summed E-state index contributed by atoms with van der Waals surface area (Å²) in [4.78, 5) is 15.8. The molecule has 0 saturated carbocycles. The first kappa shape index (κ1) is 36.0. The monoisotopic (exact) mass is 817 g/mol. The third-order valence-corrected chi connectivity index (χ3v) is 12.5. The zero-order valence-corrected chi connectivity index (χ0v) is 34.4. The quantitative estimate of drug-likeness (QED) is 0.156. The standard InChI is InChI=1S/C59H35N3O2/c1-3-15-36(16-4-1)49-35-50(41-20-13-19-40(33-41)42-24-14-25-44-43-21-8-11-27-51(43)64-58(42)44)62-59(61-49)39-31-29-37(30-32-39)54-55-45-22-7-10-26-48(45)60-57(38-17-5-2-6-18-38)47(55)34-53-56(54)46-23-9-12-28-52(46)63-53/h1-35H. The minimum atomic E-state index is 0.644. The van der Waals surface area contributed by atoms with E-state index in [0.717, 1.165) is 127 Å². The molecule has 0 aliphatic heterocycles. The summed E-state index contributed by atoms with van der Waals surface area (Å²) in [6.07, 6.45) is 0. The number of benzene rings is 9. The molecule has 4 aromatic heterocycles. The number of pyridine rings is 1. The molecule has 0 N–H and O–H groups in total. The van der Waals surface area contributed by atoms with Gasteiger partial charge in [0.05, 0.1) is 22.6 Å². The van der Waals surface area contributed by atoms with Gasteiger partial charge in [-0.15, -0.1) is 0 Å². The summed E-state index contributed by atoms with van der Waals surface area (Å²) in [7, 11) is 0. The van der Waals surface area contributed by atoms with Crippen molar-refractivity contribution in [2.45, 2.75) is 0 Å². The Bertz CT molecular complexity index is 3950. The molecule has 9 aromatic carbocycles. The van der Waals surface area contributed by atoms with Crippen LogP contribution >= 0.6 is 0 Å². The van der Waals surface area contributed by atoms with Gasteiger partial charge in [-0.3, -0.25) is 0 Å². The van der Waals surface area contributed by atoms with Crippen LogP contribution < -0.4 is 0 Å². The van der Waals surface area contributed by atoms with Gasteiger partial charge in [-0.25, -0.2) is 15.0 Å². The van der Waals surface area contributed by atoms with Crippen molar-refractivity contribution in [3.05, 3.63) is 212 Å². The predicted octanol–water partition coefficient (Wildman–Crippen LogP) is 16.0. The number of nitrogens with zero attached hydrogens (tertiary/aromatic N) is 3. The van der Waals surface area contributed by atoms with E-state index in [1.54, 1.807) is 0 Å². The second kappa shape index (κ2) is 14.5. The molecule has 0 aliphatic carbocycles. The Morgan fingerprint density at radius 1 is 0.312 bits per heavy atom. The molecule has 0 atom stereocenters. The minimum Gasteiger partial charge on any atom is -0.456 e. The van der Waals surface area contributed by atoms with E-state index >= 15 is 0 Å². The van der Waals surface area contributed by atoms with Crippen molar-refractivity contribution in [2.75, 3.05) is 0 Å². The van der Waals surface area contributed by atoms with Gasteiger partial charge < -0.3 is 8.83 Å². The predicted molar refractivity (Wildman–Crippen MR) is 262 cm³/mol. The zero-order chi connectivity index (χ0) is 42.1. The Morgan fingerprint density at radius 2 is 0.906 bits per heavy atom. The van der Waals surface area contributed by atoms with Crippen LogP contribution in [0.3, 0.4) is 0 Å². The molecule has 4 heterocycles. The van der Waals surface area contributed by atoms with Crippen LogP contribution in [-0.2, 0) is 0 Å². The molecule has 0 amide bonds. The molecule has 0 aliphatic rings. The van der Waals surface area contributed by atoms with E-state index in [4.69, 9.17) is 23.8 Å². The number of rotatable bonds is 6. The minimum absolute atomic E-state index is 0.644. The fourth-order valence-corrected chi connectivity index (χ4v) is 9.51. The Kier molecular flexibility index (Phi) is 8.15. The van der Waals surface area contributed by atoms with Crippen LogP contribution in [0.4, 0.5) is 0 Å². The molecular formula is C59H35N3O2. The number of para-hydroxylation sites is 4. The highest BCUT2D eigenvalue weighted by atomic mass is 16.3. The van der Waals surface area contributed by atoms with Crippen LogP contribution in [0.2, 0.25) is 0 Å². The maximum atomic E-state index is 6.65. The SMILES string of the molecule is c1ccc(-c2cc(-c3cccc(-c4cccc5c4oc4ccccc45)c3)nc(-c3ccc(-c4c5c(cc6c(-c7ccccc7)nc7ccccc7c46)oc4ccccc45)cc3)n2)cc1. The summed E-state index contributed by atoms with van der Waals surface area (Å²) in [6.45, 7) is 0. The lowest BCUT2D eigenvalue weighted by Gasteiger charge is -2.16. The lowest BCUT2D eigenvalue weighted by Crippen LogP contribution is -1.96. The first-order chi connectivity index (χ1) is 31.7. The van der Waals surface area contributed by atoms with E-state index in [-0.39, 0.29) is 0 Å². The summed E-state index contributed by atoms with van der Waals surface area (Å²) in [5, 5.41) is 7.63. The second-order valence-electron chi connectivity index (χ2n) is 16.3. The molecule has 0 saturated heterocycles. The van der Waals surface area contributed by atoms with Crippen LogP contribution in [0, 0.1) is 0 Å². The molecule has 0 spiro atoms. The Morgan fingerprint density at radius 3 is 1.70 bits per heavy atom. The lowest BCUT2D eigenvalue weighted by atomic mass is 9.89. The lowest BCUT2D eigenvalue weighted by molar-refractivity contribution is 0.669. The van der Waals surface area contributed by atoms with Crippen LogP contribution in [0.1, 0.15) is 0 Å². The third kappa shape index (κ3) is 5.83. The average Bonchev–Trinajstić information content (AvgIpc) is 3.94. The van der Waals surface area contributed by atoms with Crippen LogP contribution in [-0.4, -0.2) is 15.0 Å². The van der Waals surface area contributed by atoms with Crippen molar-refractivity contribution >= 4 is 65.6 Å². The molecule has 13 aromatic rings. The van der Waals surface area contributed by atoms with Gasteiger partial charge in [0.1, 0.15) is 22.3 Å². The maximum absolute atomic E-state index is 6.65. The molecule has 64 heavy (non-hydrogen) atoms. The number of hydrogen-bond acceptors (Lipinski definition) is 5. The summed E-state index contributed by atoms with van der Waals surface area (Å²) in [6, 6.07) is 73.6. The Hall–Kier alpha value is -8.67. The van der Waals surface area contributed by atoms with Gasteiger partial charge in [0.2, 0.25) is 0 Å². The molecule has 298 valence electrons. The summed E-state index contributed by atoms with van der Waals surface area (Å²) < 4.78 is 13.1. The summed E-state index contributed by atoms with van der Waals surface area (Å²) >= 11 is 0. The van der Waals surface area contributed by atoms with E-state index < -0.39 is 0 Å². The first-order valence-corrected chi connectivity index (χ1v) is 21.5. The normalized spacial score (nSPS) is 11.8. The number of fused-ring (bicyclic) bond motifs is 9. The van der Waals surface area contributed by atoms with Crippen molar-refractivity contribution in [2.24, 2.45) is 0 Å². The van der Waals surface area contributed by atoms with Gasteiger partial charge in [-0.2, -0.15) is 0 Å². The molecule has 5 heteroatoms. The first-order valence-electron chi connectivity index (χ1n) is 21.5. The van der Waals surface area contributed by atoms with Gasteiger partial charge in [0.25, 0.3) is 0 Å². The van der Waals surface area contributed by atoms with Crippen molar-refractivity contribution in [3.8, 4) is 67.4 Å². The van der Waals surface area contributed by atoms with Crippen molar-refractivity contribution in [1.82, 2.24) is 15.0 Å². The number of furan rings is 2. The summed E-state index contributed by atoms with van der Waals surface area (Å²) in [5.41, 5.74) is 15.2. The zero-order valence-electron chi connectivity index (χ0n) is 34.4. The highest BCUT2D eigenvalue weighted by molar-refractivity contribution is 6.27. The van der Waals surface area contributed by atoms with E-state index in [0.29, 0.717) is 5.82 Å². The molecule has 0 fully saturated rings. The van der Waals surface area contributed by atoms with Crippen molar-refractivity contribution in [3.63, 3.8) is 0 Å². The van der Waals surface area contributed by atoms with Crippen LogP contribution in [0.5, 0.6) is 0 Å². The fraction of sp³-hybridized carbons (Fsp3) is 0. The Labute approximate surface area is 367 Å². The maximum Gasteiger partial charge on any atom is 0.160 e. The molecule has 0 radical (unpaired) electrons. The number of hydrogen-bond donors (Lipinski definition) is 0. The van der Waals surface area contributed by atoms with E-state index in [1.807, 2.05) is 48.5 Å². The molecular weight excluding hydrogens is 783 g/mol. The number of aromatic nitrogens is 3. The largest absolute Gasteiger partial charge is 0.456 e. The second-order valence-corrected chi connectivity index (χ2v) is 16.3. The third-order valence-electron chi connectivity index (χ3n) is 12.5. The smallest absolute Gasteiger partial charge is 0.160 e. The highest BCUT2D eigenvalue weighted by Gasteiger charge is 2.22. The molecule has 5 nitrogen and oxygen atoms in total. The van der Waals surface area contributed by atoms with Gasteiger partial charge in [-0.1, -0.05) is 176 Å². The van der Waals surface area contributed by atoms with Crippen LogP contribution in [0.15, 0.2) is 221 Å². The fourth-order valence-electron chi connectivity index (χ4n) is 9.51. The van der Waals surface area contributed by atoms with Crippen molar-refractivity contribution in [1.29, 1.82) is 0 Å². The Balaban J connectivity index is 0.993. The molecule has 0 bridgehead atoms. The van der Waals surface area contributed by atoms with Crippen LogP contribution in [0.25, 0.3) is 133 Å². The van der Waals surface area contributed by atoms with E-state index in [1.165, 1.54) is 0 Å². The van der Waals surface area contributed by atoms with E-state index in [9.17, 15) is 0 Å². The summed E-state index contributed by atoms with van der Waals surface area (Å²) in [5.74, 6) is 0.644. The van der Waals surface area contributed by atoms with Gasteiger partial charge in [0.15, 0.2) is 5.82 Å². The van der Waals surface area contributed by atoms with Gasteiger partial charge in [-0.05, 0) is 47.5 Å². The van der Waals surface area contributed by atoms with E-state index in [2.05, 4.69) is 164 Å². The molecule has 13 rings (SSSR count). The molecule has 0 unspecified atom stereocenters. The average molecular weight is 818 g/mol. The highest BCUT2D eigenvalue weighted by Crippen LogP contribution is 2.47. The van der Waals surface area contributed by atoms with Gasteiger partial charge >= 0.3 is 0 Å². The van der Waals surface area contributed by atoms with Gasteiger partial charge in [0, 0.05) is 71.1 Å². The topological polar surface area (TPSA) is 65.0 Å². The van der Waals surface area contributed by atoms with Crippen molar-refractivity contribution < 1.29 is 8.83 Å².